The van der Waals surface area contributed by atoms with Gasteiger partial charge < -0.3 is 0 Å². The maximum absolute atomic E-state index is 15.1. The number of hydrogen-bond acceptors (Lipinski definition) is 0. The number of halogens is 4. The molecule has 0 spiro atoms. The highest BCUT2D eigenvalue weighted by atomic mass is 19.2. The van der Waals surface area contributed by atoms with E-state index < -0.39 is 23.3 Å². The molecule has 3 aromatic rings. The largest absolute Gasteiger partial charge is 0.203 e. The first kappa shape index (κ1) is 25.0. The molecule has 1 aliphatic rings. The SMILES string of the molecule is CC=CCCC1CC=C(c2ccc(-c3ccc(-c4ccc(CC)c(F)c4F)cc3)c(F)c2F)CC1. The third-order valence-electron chi connectivity index (χ3n) is 6.98. The predicted octanol–water partition coefficient (Wildman–Crippen LogP) is 9.68. The maximum Gasteiger partial charge on any atom is 0.167 e. The molecule has 1 aliphatic carbocycles. The maximum atomic E-state index is 15.1. The Balaban J connectivity index is 1.55. The Morgan fingerprint density at radius 1 is 0.771 bits per heavy atom. The summed E-state index contributed by atoms with van der Waals surface area (Å²) in [5.74, 6) is -2.90. The highest BCUT2D eigenvalue weighted by molar-refractivity contribution is 5.74. The van der Waals surface area contributed by atoms with Crippen LogP contribution in [0.1, 0.15) is 57.1 Å². The number of rotatable bonds is 7. The molecule has 3 aromatic carbocycles. The van der Waals surface area contributed by atoms with E-state index in [4.69, 9.17) is 0 Å². The van der Waals surface area contributed by atoms with E-state index in [9.17, 15) is 8.78 Å². The van der Waals surface area contributed by atoms with Gasteiger partial charge in [0.15, 0.2) is 23.3 Å². The van der Waals surface area contributed by atoms with Gasteiger partial charge in [0, 0.05) is 16.7 Å². The molecule has 0 aliphatic heterocycles. The lowest BCUT2D eigenvalue weighted by atomic mass is 9.83. The quantitative estimate of drug-likeness (QED) is 0.234. The van der Waals surface area contributed by atoms with Crippen LogP contribution in [0.3, 0.4) is 0 Å². The lowest BCUT2D eigenvalue weighted by Crippen LogP contribution is -2.07. The summed E-state index contributed by atoms with van der Waals surface area (Å²) < 4.78 is 58.9. The molecule has 1 atom stereocenters. The predicted molar refractivity (Wildman–Crippen MR) is 136 cm³/mol. The second-order valence-corrected chi connectivity index (χ2v) is 9.14. The van der Waals surface area contributed by atoms with E-state index in [1.807, 2.05) is 13.0 Å². The fraction of sp³-hybridized carbons (Fsp3) is 0.290. The average Bonchev–Trinajstić information content (AvgIpc) is 2.88. The van der Waals surface area contributed by atoms with Crippen molar-refractivity contribution < 1.29 is 17.6 Å². The van der Waals surface area contributed by atoms with Crippen LogP contribution in [0.5, 0.6) is 0 Å². The summed E-state index contributed by atoms with van der Waals surface area (Å²) >= 11 is 0. The smallest absolute Gasteiger partial charge is 0.167 e. The zero-order chi connectivity index (χ0) is 24.9. The van der Waals surface area contributed by atoms with Gasteiger partial charge in [-0.05, 0) is 73.6 Å². The molecule has 4 rings (SSSR count). The van der Waals surface area contributed by atoms with Gasteiger partial charge in [0.2, 0.25) is 0 Å². The van der Waals surface area contributed by atoms with Gasteiger partial charge in [0.1, 0.15) is 0 Å². The van der Waals surface area contributed by atoms with E-state index in [0.29, 0.717) is 34.6 Å². The second-order valence-electron chi connectivity index (χ2n) is 9.14. The van der Waals surface area contributed by atoms with Crippen LogP contribution in [0.15, 0.2) is 66.8 Å². The van der Waals surface area contributed by atoms with Crippen molar-refractivity contribution in [2.45, 2.75) is 52.4 Å². The molecule has 0 amide bonds. The molecular weight excluding hydrogens is 448 g/mol. The van der Waals surface area contributed by atoms with E-state index in [1.165, 1.54) is 0 Å². The van der Waals surface area contributed by atoms with Gasteiger partial charge >= 0.3 is 0 Å². The standard InChI is InChI=1S/C31H30F4/c1-3-5-6-7-20-8-10-22(11-9-20)26-18-19-27(31(35)30(26)34)24-14-12-23(13-15-24)25-17-16-21(4-2)28(32)29(25)33/h3,5,10,12-20H,4,6-9,11H2,1-2H3. The monoisotopic (exact) mass is 478 g/mol. The van der Waals surface area contributed by atoms with E-state index >= 15 is 8.78 Å². The van der Waals surface area contributed by atoms with Crippen molar-refractivity contribution in [2.24, 2.45) is 5.92 Å². The average molecular weight is 479 g/mol. The highest BCUT2D eigenvalue weighted by Crippen LogP contribution is 2.37. The van der Waals surface area contributed by atoms with Gasteiger partial charge in [-0.15, -0.1) is 0 Å². The second kappa shape index (κ2) is 11.1. The summed E-state index contributed by atoms with van der Waals surface area (Å²) in [5, 5.41) is 0. The van der Waals surface area contributed by atoms with Gasteiger partial charge in [-0.25, -0.2) is 17.6 Å². The van der Waals surface area contributed by atoms with Crippen LogP contribution < -0.4 is 0 Å². The molecule has 4 heteroatoms. The first-order valence-electron chi connectivity index (χ1n) is 12.3. The van der Waals surface area contributed by atoms with Crippen LogP contribution in [0, 0.1) is 29.2 Å². The first-order chi connectivity index (χ1) is 16.9. The number of benzene rings is 3. The fourth-order valence-electron chi connectivity index (χ4n) is 4.83. The molecule has 0 N–H and O–H groups in total. The Labute approximate surface area is 205 Å². The van der Waals surface area contributed by atoms with E-state index in [0.717, 1.165) is 37.7 Å². The Hall–Kier alpha value is -3.14. The van der Waals surface area contributed by atoms with E-state index in [1.54, 1.807) is 55.5 Å². The number of aryl methyl sites for hydroxylation is 1. The minimum atomic E-state index is -0.900. The van der Waals surface area contributed by atoms with Gasteiger partial charge in [0.25, 0.3) is 0 Å². The minimum Gasteiger partial charge on any atom is -0.203 e. The van der Waals surface area contributed by atoms with Crippen molar-refractivity contribution in [3.05, 3.63) is 101 Å². The van der Waals surface area contributed by atoms with Crippen molar-refractivity contribution in [2.75, 3.05) is 0 Å². The molecule has 0 saturated heterocycles. The Morgan fingerprint density at radius 2 is 1.34 bits per heavy atom. The number of hydrogen-bond donors (Lipinski definition) is 0. The van der Waals surface area contributed by atoms with Crippen molar-refractivity contribution in [3.8, 4) is 22.3 Å². The van der Waals surface area contributed by atoms with Gasteiger partial charge in [0.05, 0.1) is 0 Å². The highest BCUT2D eigenvalue weighted by Gasteiger charge is 2.21. The molecule has 182 valence electrons. The minimum absolute atomic E-state index is 0.140. The molecule has 0 aromatic heterocycles. The Kier molecular flexibility index (Phi) is 7.90. The third kappa shape index (κ3) is 5.27. The Bertz CT molecular complexity index is 1250. The summed E-state index contributed by atoms with van der Waals surface area (Å²) in [6.07, 6.45) is 11.4. The molecule has 0 nitrogen and oxygen atoms in total. The first-order valence-corrected chi connectivity index (χ1v) is 12.3. The molecular formula is C31H30F4. The van der Waals surface area contributed by atoms with Crippen molar-refractivity contribution in [1.82, 2.24) is 0 Å². The van der Waals surface area contributed by atoms with E-state index in [-0.39, 0.29) is 11.1 Å². The van der Waals surface area contributed by atoms with E-state index in [2.05, 4.69) is 12.2 Å². The molecule has 0 bridgehead atoms. The summed E-state index contributed by atoms with van der Waals surface area (Å²) in [4.78, 5) is 0. The summed E-state index contributed by atoms with van der Waals surface area (Å²) in [6, 6.07) is 12.8. The number of allylic oxidation sites excluding steroid dienone is 4. The van der Waals surface area contributed by atoms with Crippen molar-refractivity contribution in [3.63, 3.8) is 0 Å². The molecule has 0 saturated carbocycles. The normalized spacial score (nSPS) is 16.1. The molecule has 0 heterocycles. The van der Waals surface area contributed by atoms with Crippen LogP contribution in [0.25, 0.3) is 27.8 Å². The summed E-state index contributed by atoms with van der Waals surface area (Å²) in [6.45, 7) is 3.78. The van der Waals surface area contributed by atoms with Crippen molar-refractivity contribution in [1.29, 1.82) is 0 Å². The fourth-order valence-corrected chi connectivity index (χ4v) is 4.83. The van der Waals surface area contributed by atoms with Crippen LogP contribution in [-0.2, 0) is 6.42 Å². The van der Waals surface area contributed by atoms with Crippen LogP contribution in [-0.4, -0.2) is 0 Å². The summed E-state index contributed by atoms with van der Waals surface area (Å²) in [7, 11) is 0. The van der Waals surface area contributed by atoms with Crippen molar-refractivity contribution >= 4 is 5.57 Å². The lowest BCUT2D eigenvalue weighted by Gasteiger charge is -2.22. The molecule has 35 heavy (non-hydrogen) atoms. The molecule has 1 unspecified atom stereocenters. The van der Waals surface area contributed by atoms with Gasteiger partial charge in [-0.3, -0.25) is 0 Å². The zero-order valence-electron chi connectivity index (χ0n) is 20.2. The van der Waals surface area contributed by atoms with Crippen LogP contribution in [0.2, 0.25) is 0 Å². The summed E-state index contributed by atoms with van der Waals surface area (Å²) in [5.41, 5.74) is 2.73. The topological polar surface area (TPSA) is 0 Å². The molecule has 0 fully saturated rings. The van der Waals surface area contributed by atoms with Crippen LogP contribution in [0.4, 0.5) is 17.6 Å². The Morgan fingerprint density at radius 3 is 1.91 bits per heavy atom. The van der Waals surface area contributed by atoms with Gasteiger partial charge in [-0.2, -0.15) is 0 Å². The lowest BCUT2D eigenvalue weighted by molar-refractivity contribution is 0.452. The zero-order valence-corrected chi connectivity index (χ0v) is 20.2. The molecule has 0 radical (unpaired) electrons. The van der Waals surface area contributed by atoms with Gasteiger partial charge in [-0.1, -0.05) is 73.7 Å². The third-order valence-corrected chi connectivity index (χ3v) is 6.98. The van der Waals surface area contributed by atoms with Crippen LogP contribution >= 0.6 is 0 Å².